The quantitative estimate of drug-likeness (QED) is 0.756. The smallest absolute Gasteiger partial charge is 0.274 e. The number of amides is 1. The number of hydrogen-bond acceptors (Lipinski definition) is 5. The number of nitrogens with zero attached hydrogens (tertiary/aromatic N) is 4. The zero-order valence-electron chi connectivity index (χ0n) is 14.5. The van der Waals surface area contributed by atoms with Crippen LogP contribution in [0.15, 0.2) is 30.3 Å². The Morgan fingerprint density at radius 2 is 2.15 bits per heavy atom. The lowest BCUT2D eigenvalue weighted by Crippen LogP contribution is -2.31. The van der Waals surface area contributed by atoms with Crippen molar-refractivity contribution < 1.29 is 4.79 Å². The third kappa shape index (κ3) is 2.71. The maximum atomic E-state index is 13.2. The van der Waals surface area contributed by atoms with Gasteiger partial charge in [0, 0.05) is 19.6 Å². The molecular formula is C19H21N5OS. The molecule has 7 heteroatoms. The lowest BCUT2D eigenvalue weighted by molar-refractivity contribution is 0.0728. The van der Waals surface area contributed by atoms with Crippen molar-refractivity contribution in [2.45, 2.75) is 38.4 Å². The van der Waals surface area contributed by atoms with Crippen molar-refractivity contribution in [3.8, 4) is 0 Å². The standard InChI is InChI=1S/C19H21N5OS/c25-19(15-11-13-12-20-8-4-10-24(13)22-15)23-9-3-6-16(23)18-21-14-5-1-2-7-17(14)26-18/h1-2,5,7,11,16,20H,3-4,6,8-10,12H2/t16-/m0/s1. The first-order valence-electron chi connectivity index (χ1n) is 9.23. The number of aryl methyl sites for hydroxylation is 1. The summed E-state index contributed by atoms with van der Waals surface area (Å²) < 4.78 is 3.16. The highest BCUT2D eigenvalue weighted by Gasteiger charge is 2.34. The fourth-order valence-electron chi connectivity index (χ4n) is 3.91. The highest BCUT2D eigenvalue weighted by Crippen LogP contribution is 2.37. The predicted octanol–water partition coefficient (Wildman–Crippen LogP) is 2.96. The molecule has 0 spiro atoms. The molecule has 1 atom stereocenters. The van der Waals surface area contributed by atoms with Crippen LogP contribution in [0.2, 0.25) is 0 Å². The SMILES string of the molecule is O=C(c1cc2n(n1)CCCNC2)N1CCC[C@H]1c1nc2ccccc2s1. The van der Waals surface area contributed by atoms with Crippen LogP contribution in [0.5, 0.6) is 0 Å². The third-order valence-electron chi connectivity index (χ3n) is 5.22. The Labute approximate surface area is 155 Å². The van der Waals surface area contributed by atoms with E-state index in [1.165, 1.54) is 4.70 Å². The highest BCUT2D eigenvalue weighted by molar-refractivity contribution is 7.18. The van der Waals surface area contributed by atoms with Crippen molar-refractivity contribution in [2.75, 3.05) is 13.1 Å². The minimum Gasteiger partial charge on any atom is -0.328 e. The Morgan fingerprint density at radius 3 is 3.08 bits per heavy atom. The van der Waals surface area contributed by atoms with E-state index in [1.807, 2.05) is 33.8 Å². The number of aromatic nitrogens is 3. The molecule has 1 saturated heterocycles. The fourth-order valence-corrected chi connectivity index (χ4v) is 5.03. The summed E-state index contributed by atoms with van der Waals surface area (Å²) in [7, 11) is 0. The Kier molecular flexibility index (Phi) is 3.98. The van der Waals surface area contributed by atoms with Gasteiger partial charge in [0.15, 0.2) is 5.69 Å². The Morgan fingerprint density at radius 1 is 1.23 bits per heavy atom. The maximum Gasteiger partial charge on any atom is 0.274 e. The van der Waals surface area contributed by atoms with Crippen molar-refractivity contribution >= 4 is 27.5 Å². The zero-order valence-corrected chi connectivity index (χ0v) is 15.3. The van der Waals surface area contributed by atoms with Gasteiger partial charge in [-0.15, -0.1) is 11.3 Å². The largest absolute Gasteiger partial charge is 0.328 e. The van der Waals surface area contributed by atoms with E-state index >= 15 is 0 Å². The molecule has 6 nitrogen and oxygen atoms in total. The molecular weight excluding hydrogens is 346 g/mol. The molecule has 1 aromatic carbocycles. The monoisotopic (exact) mass is 367 g/mol. The summed E-state index contributed by atoms with van der Waals surface area (Å²) >= 11 is 1.70. The first kappa shape index (κ1) is 16.0. The number of fused-ring (bicyclic) bond motifs is 2. The molecule has 26 heavy (non-hydrogen) atoms. The second-order valence-corrected chi connectivity index (χ2v) is 8.01. The van der Waals surface area contributed by atoms with Gasteiger partial charge < -0.3 is 10.2 Å². The summed E-state index contributed by atoms with van der Waals surface area (Å²) in [4.78, 5) is 19.9. The molecule has 5 rings (SSSR count). The summed E-state index contributed by atoms with van der Waals surface area (Å²) in [5, 5.41) is 9.02. The van der Waals surface area contributed by atoms with Crippen molar-refractivity contribution in [2.24, 2.45) is 0 Å². The van der Waals surface area contributed by atoms with Gasteiger partial charge in [-0.05, 0) is 44.0 Å². The molecule has 0 bridgehead atoms. The number of likely N-dealkylation sites (tertiary alicyclic amines) is 1. The fraction of sp³-hybridized carbons (Fsp3) is 0.421. The zero-order chi connectivity index (χ0) is 17.5. The van der Waals surface area contributed by atoms with Crippen LogP contribution in [-0.2, 0) is 13.1 Å². The second-order valence-electron chi connectivity index (χ2n) is 6.95. The highest BCUT2D eigenvalue weighted by atomic mass is 32.1. The molecule has 0 saturated carbocycles. The van der Waals surface area contributed by atoms with Crippen LogP contribution in [0.25, 0.3) is 10.2 Å². The number of carbonyl (C=O) groups excluding carboxylic acids is 1. The predicted molar refractivity (Wildman–Crippen MR) is 101 cm³/mol. The molecule has 0 radical (unpaired) electrons. The van der Waals surface area contributed by atoms with Crippen LogP contribution in [-0.4, -0.2) is 38.7 Å². The van der Waals surface area contributed by atoms with E-state index < -0.39 is 0 Å². The molecule has 0 unspecified atom stereocenters. The number of benzene rings is 1. The summed E-state index contributed by atoms with van der Waals surface area (Å²) in [6, 6.07) is 10.2. The Bertz CT molecular complexity index is 905. The molecule has 4 heterocycles. The number of rotatable bonds is 2. The van der Waals surface area contributed by atoms with Gasteiger partial charge in [0.05, 0.1) is 22.0 Å². The van der Waals surface area contributed by atoms with E-state index in [1.54, 1.807) is 11.3 Å². The molecule has 134 valence electrons. The minimum atomic E-state index is 0.0346. The first-order valence-corrected chi connectivity index (χ1v) is 10.0. The number of nitrogens with one attached hydrogen (secondary N) is 1. The van der Waals surface area contributed by atoms with Crippen molar-refractivity contribution in [3.63, 3.8) is 0 Å². The third-order valence-corrected chi connectivity index (χ3v) is 6.36. The van der Waals surface area contributed by atoms with Crippen LogP contribution in [0.3, 0.4) is 0 Å². The molecule has 0 aliphatic carbocycles. The van der Waals surface area contributed by atoms with Crippen molar-refractivity contribution in [3.05, 3.63) is 46.7 Å². The number of para-hydroxylation sites is 1. The van der Waals surface area contributed by atoms with Gasteiger partial charge >= 0.3 is 0 Å². The van der Waals surface area contributed by atoms with Gasteiger partial charge in [-0.1, -0.05) is 12.1 Å². The minimum absolute atomic E-state index is 0.0346. The number of hydrogen-bond donors (Lipinski definition) is 1. The molecule has 1 N–H and O–H groups in total. The molecule has 2 aliphatic rings. The van der Waals surface area contributed by atoms with E-state index in [0.29, 0.717) is 5.69 Å². The van der Waals surface area contributed by atoms with Gasteiger partial charge in [-0.2, -0.15) is 5.10 Å². The van der Waals surface area contributed by atoms with Gasteiger partial charge in [0.25, 0.3) is 5.91 Å². The Balaban J connectivity index is 1.44. The van der Waals surface area contributed by atoms with Crippen molar-refractivity contribution in [1.82, 2.24) is 25.0 Å². The van der Waals surface area contributed by atoms with Crippen LogP contribution >= 0.6 is 11.3 Å². The summed E-state index contributed by atoms with van der Waals surface area (Å²) in [5.41, 5.74) is 2.69. The van der Waals surface area contributed by atoms with E-state index in [2.05, 4.69) is 16.5 Å². The molecule has 2 aromatic heterocycles. The van der Waals surface area contributed by atoms with E-state index in [0.717, 1.165) is 61.7 Å². The van der Waals surface area contributed by atoms with Gasteiger partial charge in [0.2, 0.25) is 0 Å². The topological polar surface area (TPSA) is 63.1 Å². The van der Waals surface area contributed by atoms with Gasteiger partial charge in [-0.25, -0.2) is 4.98 Å². The van der Waals surface area contributed by atoms with E-state index in [4.69, 9.17) is 4.98 Å². The molecule has 3 aromatic rings. The van der Waals surface area contributed by atoms with Crippen LogP contribution in [0, 0.1) is 0 Å². The van der Waals surface area contributed by atoms with Crippen molar-refractivity contribution in [1.29, 1.82) is 0 Å². The molecule has 1 amide bonds. The van der Waals surface area contributed by atoms with Crippen LogP contribution in [0.1, 0.15) is 46.5 Å². The first-order chi connectivity index (χ1) is 12.8. The lowest BCUT2D eigenvalue weighted by atomic mass is 10.2. The number of thiazole rings is 1. The normalized spacial score (nSPS) is 20.3. The Hall–Kier alpha value is -2.25. The molecule has 2 aliphatic heterocycles. The summed E-state index contributed by atoms with van der Waals surface area (Å²) in [5.74, 6) is 0.0346. The summed E-state index contributed by atoms with van der Waals surface area (Å²) in [6.45, 7) is 3.43. The summed E-state index contributed by atoms with van der Waals surface area (Å²) in [6.07, 6.45) is 3.03. The average Bonchev–Trinajstić information content (AvgIpc) is 3.36. The van der Waals surface area contributed by atoms with Crippen LogP contribution in [0.4, 0.5) is 0 Å². The van der Waals surface area contributed by atoms with Gasteiger partial charge in [0.1, 0.15) is 5.01 Å². The molecule has 1 fully saturated rings. The van der Waals surface area contributed by atoms with Gasteiger partial charge in [-0.3, -0.25) is 9.48 Å². The van der Waals surface area contributed by atoms with E-state index in [9.17, 15) is 4.79 Å². The second kappa shape index (κ2) is 6.48. The van der Waals surface area contributed by atoms with E-state index in [-0.39, 0.29) is 11.9 Å². The maximum absolute atomic E-state index is 13.2. The van der Waals surface area contributed by atoms with Crippen LogP contribution < -0.4 is 5.32 Å². The number of carbonyl (C=O) groups is 1. The lowest BCUT2D eigenvalue weighted by Gasteiger charge is -2.22. The average molecular weight is 367 g/mol.